The molecule has 0 spiro atoms. The second kappa shape index (κ2) is 5.55. The first-order valence-corrected chi connectivity index (χ1v) is 6.47. The van der Waals surface area contributed by atoms with Gasteiger partial charge in [-0.05, 0) is 55.0 Å². The number of hydrogen-bond donors (Lipinski definition) is 0. The maximum absolute atomic E-state index is 11.9. The predicted octanol–water partition coefficient (Wildman–Crippen LogP) is 4.63. The molecule has 0 saturated carbocycles. The van der Waals surface area contributed by atoms with E-state index in [0.717, 1.165) is 10.0 Å². The summed E-state index contributed by atoms with van der Waals surface area (Å²) in [6.07, 6.45) is 0. The molecule has 0 radical (unpaired) electrons. The maximum Gasteiger partial charge on any atom is 0.343 e. The van der Waals surface area contributed by atoms with Gasteiger partial charge in [-0.2, -0.15) is 0 Å². The molecule has 0 unspecified atom stereocenters. The normalized spacial score (nSPS) is 10.2. The topological polar surface area (TPSA) is 26.3 Å². The van der Waals surface area contributed by atoms with Crippen LogP contribution >= 0.6 is 27.5 Å². The third-order valence-corrected chi connectivity index (χ3v) is 3.16. The van der Waals surface area contributed by atoms with Gasteiger partial charge in [-0.15, -0.1) is 0 Å². The van der Waals surface area contributed by atoms with Crippen molar-refractivity contribution in [1.29, 1.82) is 0 Å². The summed E-state index contributed by atoms with van der Waals surface area (Å²) in [5.74, 6) is 0.162. The summed E-state index contributed by atoms with van der Waals surface area (Å²) in [7, 11) is 0. The fraction of sp³-hybridized carbons (Fsp3) is 0.0714. The third kappa shape index (κ3) is 3.12. The van der Waals surface area contributed by atoms with Crippen molar-refractivity contribution in [2.24, 2.45) is 0 Å². The smallest absolute Gasteiger partial charge is 0.343 e. The summed E-state index contributed by atoms with van der Waals surface area (Å²) in [4.78, 5) is 11.9. The number of carbonyl (C=O) groups is 1. The molecule has 0 amide bonds. The Hall–Kier alpha value is -1.32. The Bertz CT molecular complexity index is 579. The fourth-order valence-corrected chi connectivity index (χ4v) is 2.07. The summed E-state index contributed by atoms with van der Waals surface area (Å²) in [6, 6.07) is 12.1. The van der Waals surface area contributed by atoms with Crippen LogP contribution in [0.5, 0.6) is 5.75 Å². The first kappa shape index (κ1) is 13.1. The molecule has 2 aromatic rings. The Balaban J connectivity index is 2.18. The van der Waals surface area contributed by atoms with Gasteiger partial charge in [0, 0.05) is 9.50 Å². The quantitative estimate of drug-likeness (QED) is 0.594. The average molecular weight is 326 g/mol. The first-order valence-electron chi connectivity index (χ1n) is 5.30. The van der Waals surface area contributed by atoms with Crippen LogP contribution in [0.15, 0.2) is 46.9 Å². The Morgan fingerprint density at radius 3 is 2.44 bits per heavy atom. The van der Waals surface area contributed by atoms with Gasteiger partial charge in [0.25, 0.3) is 0 Å². The van der Waals surface area contributed by atoms with E-state index in [0.29, 0.717) is 16.3 Å². The number of aryl methyl sites for hydroxylation is 1. The van der Waals surface area contributed by atoms with E-state index in [1.54, 1.807) is 30.3 Å². The van der Waals surface area contributed by atoms with Gasteiger partial charge in [0.05, 0.1) is 5.56 Å². The Morgan fingerprint density at radius 2 is 1.83 bits per heavy atom. The van der Waals surface area contributed by atoms with Gasteiger partial charge in [0.1, 0.15) is 5.75 Å². The summed E-state index contributed by atoms with van der Waals surface area (Å²) >= 11 is 9.12. The predicted molar refractivity (Wildman–Crippen MR) is 75.3 cm³/mol. The van der Waals surface area contributed by atoms with E-state index in [2.05, 4.69) is 15.9 Å². The number of hydrogen-bond acceptors (Lipinski definition) is 2. The molecule has 0 bridgehead atoms. The second-order valence-electron chi connectivity index (χ2n) is 3.81. The SMILES string of the molecule is Cc1cc(Br)ccc1OC(=O)c1ccc(Cl)cc1. The summed E-state index contributed by atoms with van der Waals surface area (Å²) in [5, 5.41) is 0.589. The van der Waals surface area contributed by atoms with E-state index in [1.807, 2.05) is 19.1 Å². The van der Waals surface area contributed by atoms with E-state index in [-0.39, 0.29) is 0 Å². The Labute approximate surface area is 119 Å². The summed E-state index contributed by atoms with van der Waals surface area (Å²) < 4.78 is 6.27. The highest BCUT2D eigenvalue weighted by Crippen LogP contribution is 2.23. The van der Waals surface area contributed by atoms with Crippen molar-refractivity contribution in [1.82, 2.24) is 0 Å². The molecule has 0 aliphatic rings. The summed E-state index contributed by atoms with van der Waals surface area (Å²) in [6.45, 7) is 1.88. The van der Waals surface area contributed by atoms with Crippen molar-refractivity contribution in [2.75, 3.05) is 0 Å². The minimum atomic E-state index is -0.392. The highest BCUT2D eigenvalue weighted by molar-refractivity contribution is 9.10. The van der Waals surface area contributed by atoms with Gasteiger partial charge < -0.3 is 4.74 Å². The molecule has 4 heteroatoms. The monoisotopic (exact) mass is 324 g/mol. The molecule has 92 valence electrons. The van der Waals surface area contributed by atoms with Crippen molar-refractivity contribution in [2.45, 2.75) is 6.92 Å². The molecule has 2 rings (SSSR count). The van der Waals surface area contributed by atoms with E-state index in [9.17, 15) is 4.79 Å². The van der Waals surface area contributed by atoms with Gasteiger partial charge in [0.15, 0.2) is 0 Å². The lowest BCUT2D eigenvalue weighted by atomic mass is 10.2. The fourth-order valence-electron chi connectivity index (χ4n) is 1.47. The van der Waals surface area contributed by atoms with Crippen LogP contribution in [0.2, 0.25) is 5.02 Å². The largest absolute Gasteiger partial charge is 0.423 e. The van der Waals surface area contributed by atoms with Crippen LogP contribution in [-0.4, -0.2) is 5.97 Å². The lowest BCUT2D eigenvalue weighted by Gasteiger charge is -2.07. The highest BCUT2D eigenvalue weighted by Gasteiger charge is 2.10. The van der Waals surface area contributed by atoms with Crippen LogP contribution in [0.25, 0.3) is 0 Å². The third-order valence-electron chi connectivity index (χ3n) is 2.42. The van der Waals surface area contributed by atoms with Crippen LogP contribution in [0.4, 0.5) is 0 Å². The molecule has 0 N–H and O–H groups in total. The van der Waals surface area contributed by atoms with Gasteiger partial charge in [0.2, 0.25) is 0 Å². The number of ether oxygens (including phenoxy) is 1. The van der Waals surface area contributed by atoms with Crippen molar-refractivity contribution in [3.8, 4) is 5.75 Å². The molecule has 2 aromatic carbocycles. The number of halogens is 2. The molecule has 0 aromatic heterocycles. The zero-order valence-electron chi connectivity index (χ0n) is 9.61. The molecule has 18 heavy (non-hydrogen) atoms. The van der Waals surface area contributed by atoms with Gasteiger partial charge >= 0.3 is 5.97 Å². The van der Waals surface area contributed by atoms with E-state index < -0.39 is 5.97 Å². The molecule has 0 atom stereocenters. The van der Waals surface area contributed by atoms with Crippen molar-refractivity contribution in [3.05, 3.63) is 63.1 Å². The molecule has 0 saturated heterocycles. The number of benzene rings is 2. The molecule has 0 aliphatic heterocycles. The second-order valence-corrected chi connectivity index (χ2v) is 5.16. The van der Waals surface area contributed by atoms with Crippen LogP contribution in [0.3, 0.4) is 0 Å². The van der Waals surface area contributed by atoms with Gasteiger partial charge in [-0.25, -0.2) is 4.79 Å². The number of rotatable bonds is 2. The lowest BCUT2D eigenvalue weighted by molar-refractivity contribution is 0.0733. The minimum absolute atomic E-state index is 0.392. The van der Waals surface area contributed by atoms with Gasteiger partial charge in [-0.1, -0.05) is 27.5 Å². The lowest BCUT2D eigenvalue weighted by Crippen LogP contribution is -2.09. The van der Waals surface area contributed by atoms with Crippen molar-refractivity contribution in [3.63, 3.8) is 0 Å². The van der Waals surface area contributed by atoms with E-state index in [1.165, 1.54) is 0 Å². The highest BCUT2D eigenvalue weighted by atomic mass is 79.9. The Morgan fingerprint density at radius 1 is 1.17 bits per heavy atom. The van der Waals surface area contributed by atoms with Crippen LogP contribution in [0.1, 0.15) is 15.9 Å². The zero-order valence-corrected chi connectivity index (χ0v) is 12.0. The molecule has 0 fully saturated rings. The van der Waals surface area contributed by atoms with Crippen LogP contribution in [0, 0.1) is 6.92 Å². The molecular weight excluding hydrogens is 316 g/mol. The number of carbonyl (C=O) groups excluding carboxylic acids is 1. The van der Waals surface area contributed by atoms with E-state index >= 15 is 0 Å². The molecule has 2 nitrogen and oxygen atoms in total. The minimum Gasteiger partial charge on any atom is -0.423 e. The standard InChI is InChI=1S/C14H10BrClO2/c1-9-8-11(15)4-7-13(9)18-14(17)10-2-5-12(16)6-3-10/h2-8H,1H3. The maximum atomic E-state index is 11.9. The van der Waals surface area contributed by atoms with Crippen LogP contribution in [-0.2, 0) is 0 Å². The van der Waals surface area contributed by atoms with Crippen LogP contribution < -0.4 is 4.74 Å². The Kier molecular flexibility index (Phi) is 4.04. The molecule has 0 heterocycles. The molecular formula is C14H10BrClO2. The zero-order chi connectivity index (χ0) is 13.1. The van der Waals surface area contributed by atoms with E-state index in [4.69, 9.17) is 16.3 Å². The average Bonchev–Trinajstić information content (AvgIpc) is 2.33. The van der Waals surface area contributed by atoms with Crippen molar-refractivity contribution < 1.29 is 9.53 Å². The molecule has 0 aliphatic carbocycles. The number of esters is 1. The van der Waals surface area contributed by atoms with Gasteiger partial charge in [-0.3, -0.25) is 0 Å². The summed E-state index contributed by atoms with van der Waals surface area (Å²) in [5.41, 5.74) is 1.37. The van der Waals surface area contributed by atoms with Crippen molar-refractivity contribution >= 4 is 33.5 Å². The first-order chi connectivity index (χ1) is 8.56.